The van der Waals surface area contributed by atoms with Crippen molar-refractivity contribution in [3.05, 3.63) is 22.6 Å². The molecule has 0 aromatic heterocycles. The molecule has 23 heavy (non-hydrogen) atoms. The second-order valence-electron chi connectivity index (χ2n) is 9.61. The van der Waals surface area contributed by atoms with Crippen LogP contribution in [0, 0.1) is 40.4 Å². The third kappa shape index (κ3) is 2.19. The molecular weight excluding hydrogens is 282 g/mol. The Morgan fingerprint density at radius 1 is 1.17 bits per heavy atom. The largest absolute Gasteiger partial charge is 0.0995 e. The van der Waals surface area contributed by atoms with Crippen molar-refractivity contribution in [2.45, 2.75) is 65.2 Å². The molecule has 0 aromatic carbocycles. The minimum atomic E-state index is 0.476. The van der Waals surface area contributed by atoms with Gasteiger partial charge in [-0.1, -0.05) is 37.5 Å². The quantitative estimate of drug-likeness (QED) is 0.255. The molecule has 0 heterocycles. The van der Waals surface area contributed by atoms with Crippen LogP contribution in [0.15, 0.2) is 17.3 Å². The van der Waals surface area contributed by atoms with E-state index >= 15 is 0 Å². The van der Waals surface area contributed by atoms with E-state index in [1.54, 1.807) is 5.57 Å². The van der Waals surface area contributed by atoms with Gasteiger partial charge in [-0.25, -0.2) is 0 Å². The molecule has 4 aliphatic rings. The zero-order valence-electron chi connectivity index (χ0n) is 14.8. The average Bonchev–Trinajstić information content (AvgIpc) is 2.50. The topological polar surface area (TPSA) is 48.8 Å². The first-order valence-electron chi connectivity index (χ1n) is 9.67. The van der Waals surface area contributed by atoms with Gasteiger partial charge in [0.05, 0.1) is 0 Å². The van der Waals surface area contributed by atoms with E-state index in [-0.39, 0.29) is 0 Å². The number of rotatable bonds is 2. The molecule has 0 aliphatic heterocycles. The third-order valence-electron chi connectivity index (χ3n) is 8.38. The Morgan fingerprint density at radius 3 is 2.74 bits per heavy atom. The van der Waals surface area contributed by atoms with Crippen LogP contribution in [0.3, 0.4) is 0 Å². The van der Waals surface area contributed by atoms with Crippen molar-refractivity contribution in [2.75, 3.05) is 6.54 Å². The van der Waals surface area contributed by atoms with Gasteiger partial charge in [0, 0.05) is 11.5 Å². The Bertz CT molecular complexity index is 563. The fraction of sp³-hybridized carbons (Fsp3) is 0.900. The summed E-state index contributed by atoms with van der Waals surface area (Å²) >= 11 is 0. The molecule has 4 fully saturated rings. The van der Waals surface area contributed by atoms with E-state index in [1.807, 2.05) is 0 Å². The maximum Gasteiger partial charge on any atom is 0.0289 e. The second kappa shape index (κ2) is 5.28. The first-order valence-corrected chi connectivity index (χ1v) is 9.67. The average molecular weight is 313 g/mol. The van der Waals surface area contributed by atoms with E-state index in [2.05, 4.69) is 30.5 Å². The highest BCUT2D eigenvalue weighted by Gasteiger charge is 2.62. The van der Waals surface area contributed by atoms with Gasteiger partial charge < -0.3 is 0 Å². The Kier molecular flexibility index (Phi) is 3.57. The van der Waals surface area contributed by atoms with Gasteiger partial charge in [0.25, 0.3) is 0 Å². The van der Waals surface area contributed by atoms with Gasteiger partial charge in [0.2, 0.25) is 0 Å². The van der Waals surface area contributed by atoms with Crippen molar-refractivity contribution in [1.29, 1.82) is 0 Å². The van der Waals surface area contributed by atoms with Crippen molar-refractivity contribution in [1.82, 2.24) is 0 Å². The molecule has 0 N–H and O–H groups in total. The van der Waals surface area contributed by atoms with Crippen LogP contribution in [-0.4, -0.2) is 6.54 Å². The van der Waals surface area contributed by atoms with Crippen LogP contribution in [-0.2, 0) is 0 Å². The lowest BCUT2D eigenvalue weighted by atomic mass is 9.38. The predicted octanol–water partition coefficient (Wildman–Crippen LogP) is 6.12. The molecule has 0 spiro atoms. The Hall–Kier alpha value is -0.950. The molecule has 4 saturated carbocycles. The molecule has 0 radical (unpaired) electrons. The Morgan fingerprint density at radius 2 is 1.96 bits per heavy atom. The van der Waals surface area contributed by atoms with E-state index < -0.39 is 0 Å². The van der Waals surface area contributed by atoms with Crippen molar-refractivity contribution >= 4 is 0 Å². The molecule has 7 unspecified atom stereocenters. The van der Waals surface area contributed by atoms with Crippen molar-refractivity contribution in [3.8, 4) is 0 Å². The lowest BCUT2D eigenvalue weighted by molar-refractivity contribution is -0.155. The summed E-state index contributed by atoms with van der Waals surface area (Å²) in [7, 11) is 0. The van der Waals surface area contributed by atoms with E-state index in [4.69, 9.17) is 5.53 Å². The molecule has 3 nitrogen and oxygen atoms in total. The summed E-state index contributed by atoms with van der Waals surface area (Å²) in [5.41, 5.74) is 11.3. The van der Waals surface area contributed by atoms with Crippen LogP contribution >= 0.6 is 0 Å². The highest BCUT2D eigenvalue weighted by atomic mass is 15.1. The Balaban J connectivity index is 1.74. The van der Waals surface area contributed by atoms with E-state index in [9.17, 15) is 0 Å². The summed E-state index contributed by atoms with van der Waals surface area (Å²) in [5.74, 6) is 3.82. The van der Waals surface area contributed by atoms with Crippen molar-refractivity contribution in [2.24, 2.45) is 45.5 Å². The van der Waals surface area contributed by atoms with Crippen LogP contribution in [0.4, 0.5) is 0 Å². The maximum atomic E-state index is 8.75. The molecule has 0 amide bonds. The van der Waals surface area contributed by atoms with Gasteiger partial charge in [-0.2, -0.15) is 0 Å². The van der Waals surface area contributed by atoms with Crippen molar-refractivity contribution in [3.63, 3.8) is 0 Å². The van der Waals surface area contributed by atoms with Gasteiger partial charge >= 0.3 is 0 Å². The van der Waals surface area contributed by atoms with Crippen LogP contribution in [0.2, 0.25) is 0 Å². The fourth-order valence-corrected chi connectivity index (χ4v) is 7.77. The first-order chi connectivity index (χ1) is 11.0. The van der Waals surface area contributed by atoms with Gasteiger partial charge in [0.1, 0.15) is 0 Å². The van der Waals surface area contributed by atoms with E-state index in [0.717, 1.165) is 30.2 Å². The minimum absolute atomic E-state index is 0.476. The van der Waals surface area contributed by atoms with Crippen LogP contribution in [0.5, 0.6) is 0 Å². The molecule has 3 heteroatoms. The lowest BCUT2D eigenvalue weighted by Gasteiger charge is -2.67. The second-order valence-corrected chi connectivity index (χ2v) is 9.61. The van der Waals surface area contributed by atoms with Gasteiger partial charge in [0.15, 0.2) is 0 Å². The summed E-state index contributed by atoms with van der Waals surface area (Å²) < 4.78 is 0. The van der Waals surface area contributed by atoms with E-state index in [1.165, 1.54) is 51.4 Å². The zero-order chi connectivity index (χ0) is 16.2. The van der Waals surface area contributed by atoms with Crippen LogP contribution in [0.25, 0.3) is 10.4 Å². The molecule has 0 saturated heterocycles. The van der Waals surface area contributed by atoms with E-state index in [0.29, 0.717) is 16.7 Å². The maximum absolute atomic E-state index is 8.75. The van der Waals surface area contributed by atoms with Gasteiger partial charge in [-0.3, -0.25) is 0 Å². The molecule has 4 rings (SSSR count). The first kappa shape index (κ1) is 15.6. The lowest BCUT2D eigenvalue weighted by Crippen LogP contribution is -2.59. The number of hydrogen-bond donors (Lipinski definition) is 0. The summed E-state index contributed by atoms with van der Waals surface area (Å²) in [6.45, 7) is 10.4. The third-order valence-corrected chi connectivity index (χ3v) is 8.38. The molecule has 126 valence electrons. The summed E-state index contributed by atoms with van der Waals surface area (Å²) in [6, 6.07) is 0. The normalized spacial score (nSPS) is 51.6. The van der Waals surface area contributed by atoms with Crippen LogP contribution in [0.1, 0.15) is 65.2 Å². The molecule has 0 bridgehead atoms. The number of nitrogens with zero attached hydrogens (tertiary/aromatic N) is 3. The van der Waals surface area contributed by atoms with Gasteiger partial charge in [-0.05, 0) is 90.9 Å². The number of allylic oxidation sites excluding steroid dienone is 1. The number of azide groups is 1. The summed E-state index contributed by atoms with van der Waals surface area (Å²) in [5, 5.41) is 3.96. The SMILES string of the molecule is C=C1CC2(C)CCCC3(C)CCC4C(CN=[N+]=[N-])CCC1C4C32. The fourth-order valence-electron chi connectivity index (χ4n) is 7.77. The molecular formula is C20H31N3. The molecule has 7 atom stereocenters. The molecule has 0 aromatic rings. The number of hydrogen-bond acceptors (Lipinski definition) is 1. The highest BCUT2D eigenvalue weighted by molar-refractivity contribution is 5.21. The standard InChI is InChI=1S/C20H31N3/c1-13-11-20(3)9-4-8-19(2)10-7-16-14(12-22-23-21)5-6-15(13)17(16)18(19)20/h14-18H,1,4-12H2,2-3H3. The molecule has 4 aliphatic carbocycles. The minimum Gasteiger partial charge on any atom is -0.0995 e. The smallest absolute Gasteiger partial charge is 0.0289 e. The summed E-state index contributed by atoms with van der Waals surface area (Å²) in [6.07, 6.45) is 10.8. The monoisotopic (exact) mass is 313 g/mol. The van der Waals surface area contributed by atoms with Crippen LogP contribution < -0.4 is 0 Å². The predicted molar refractivity (Wildman–Crippen MR) is 93.8 cm³/mol. The van der Waals surface area contributed by atoms with Crippen molar-refractivity contribution < 1.29 is 0 Å². The Labute approximate surface area is 140 Å². The zero-order valence-corrected chi connectivity index (χ0v) is 14.8. The highest BCUT2D eigenvalue weighted by Crippen LogP contribution is 2.70. The summed E-state index contributed by atoms with van der Waals surface area (Å²) in [4.78, 5) is 3.05. The van der Waals surface area contributed by atoms with Gasteiger partial charge in [-0.15, -0.1) is 0 Å².